The van der Waals surface area contributed by atoms with E-state index in [-0.39, 0.29) is 11.6 Å². The van der Waals surface area contributed by atoms with Crippen LogP contribution in [0.2, 0.25) is 0 Å². The number of hydrogen-bond acceptors (Lipinski definition) is 1. The van der Waals surface area contributed by atoms with E-state index < -0.39 is 11.6 Å². The fraction of sp³-hybridized carbons (Fsp3) is 0.455. The molecule has 0 amide bonds. The highest BCUT2D eigenvalue weighted by atomic mass is 19.1. The van der Waals surface area contributed by atoms with Gasteiger partial charge >= 0.3 is 0 Å². The molecule has 1 rings (SSSR count). The van der Waals surface area contributed by atoms with E-state index in [9.17, 15) is 8.78 Å². The molecule has 0 heterocycles. The van der Waals surface area contributed by atoms with E-state index in [0.717, 1.165) is 0 Å². The predicted molar refractivity (Wildman–Crippen MR) is 53.2 cm³/mol. The summed E-state index contributed by atoms with van der Waals surface area (Å²) in [5, 5.41) is 2.99. The highest BCUT2D eigenvalue weighted by Gasteiger charge is 2.16. The molecule has 3 heteroatoms. The van der Waals surface area contributed by atoms with Crippen LogP contribution >= 0.6 is 0 Å². The van der Waals surface area contributed by atoms with E-state index in [1.165, 1.54) is 12.1 Å². The molecule has 0 radical (unpaired) electrons. The lowest BCUT2D eigenvalue weighted by Gasteiger charge is -2.15. The molecule has 0 saturated heterocycles. The summed E-state index contributed by atoms with van der Waals surface area (Å²) in [5.74, 6) is -0.931. The molecular weight excluding hydrogens is 184 g/mol. The first-order chi connectivity index (χ1) is 6.57. The molecule has 14 heavy (non-hydrogen) atoms. The maximum Gasteiger partial charge on any atom is 0.133 e. The zero-order chi connectivity index (χ0) is 10.7. The molecule has 0 aliphatic carbocycles. The number of benzene rings is 1. The Morgan fingerprint density at radius 2 is 2.00 bits per heavy atom. The van der Waals surface area contributed by atoms with Gasteiger partial charge in [0.25, 0.3) is 0 Å². The van der Waals surface area contributed by atoms with Crippen LogP contribution in [0.15, 0.2) is 12.1 Å². The van der Waals surface area contributed by atoms with Crippen molar-refractivity contribution in [2.24, 2.45) is 0 Å². The summed E-state index contributed by atoms with van der Waals surface area (Å²) in [6.45, 7) is 5.98. The molecule has 0 fully saturated rings. The minimum Gasteiger partial charge on any atom is -0.310 e. The van der Waals surface area contributed by atoms with Crippen LogP contribution in [0.5, 0.6) is 0 Å². The van der Waals surface area contributed by atoms with Gasteiger partial charge < -0.3 is 5.32 Å². The first-order valence-electron chi connectivity index (χ1n) is 4.75. The van der Waals surface area contributed by atoms with Crippen LogP contribution in [-0.2, 0) is 0 Å². The van der Waals surface area contributed by atoms with Gasteiger partial charge in [-0.2, -0.15) is 0 Å². The highest BCUT2D eigenvalue weighted by Crippen LogP contribution is 2.22. The summed E-state index contributed by atoms with van der Waals surface area (Å²) in [5.41, 5.74) is 0.609. The van der Waals surface area contributed by atoms with Crippen molar-refractivity contribution in [3.8, 4) is 0 Å². The van der Waals surface area contributed by atoms with Crippen molar-refractivity contribution in [3.63, 3.8) is 0 Å². The number of hydrogen-bond donors (Lipinski definition) is 1. The van der Waals surface area contributed by atoms with Crippen LogP contribution in [0, 0.1) is 18.6 Å². The van der Waals surface area contributed by atoms with Gasteiger partial charge in [-0.3, -0.25) is 0 Å². The topological polar surface area (TPSA) is 12.0 Å². The Morgan fingerprint density at radius 1 is 1.36 bits per heavy atom. The maximum absolute atomic E-state index is 13.6. The zero-order valence-electron chi connectivity index (χ0n) is 8.70. The Labute approximate surface area is 83.1 Å². The predicted octanol–water partition coefficient (Wildman–Crippen LogP) is 2.94. The van der Waals surface area contributed by atoms with Crippen LogP contribution in [0.1, 0.15) is 31.0 Å². The second-order valence-corrected chi connectivity index (χ2v) is 3.37. The van der Waals surface area contributed by atoms with Gasteiger partial charge in [-0.15, -0.1) is 0 Å². The van der Waals surface area contributed by atoms with Crippen LogP contribution in [0.3, 0.4) is 0 Å². The Hall–Kier alpha value is -0.960. The molecule has 0 bridgehead atoms. The van der Waals surface area contributed by atoms with Gasteiger partial charge in [0.1, 0.15) is 11.6 Å². The molecule has 1 unspecified atom stereocenters. The molecule has 0 aliphatic heterocycles. The summed E-state index contributed by atoms with van der Waals surface area (Å²) in [6.07, 6.45) is 0. The van der Waals surface area contributed by atoms with Crippen molar-refractivity contribution in [2.75, 3.05) is 6.54 Å². The van der Waals surface area contributed by atoms with Crippen LogP contribution in [0.25, 0.3) is 0 Å². The van der Waals surface area contributed by atoms with Crippen molar-refractivity contribution < 1.29 is 8.78 Å². The molecule has 78 valence electrons. The fourth-order valence-corrected chi connectivity index (χ4v) is 1.48. The van der Waals surface area contributed by atoms with Gasteiger partial charge in [0.05, 0.1) is 0 Å². The average molecular weight is 199 g/mol. The first-order valence-corrected chi connectivity index (χ1v) is 4.75. The molecule has 0 spiro atoms. The largest absolute Gasteiger partial charge is 0.310 e. The maximum atomic E-state index is 13.6. The molecule has 0 saturated carbocycles. The fourth-order valence-electron chi connectivity index (χ4n) is 1.48. The number of halogens is 2. The SMILES string of the molecule is CCNC(C)c1c(F)ccc(C)c1F. The van der Waals surface area contributed by atoms with Gasteiger partial charge in [-0.25, -0.2) is 8.78 Å². The molecule has 1 aromatic rings. The third-order valence-electron chi connectivity index (χ3n) is 2.26. The van der Waals surface area contributed by atoms with Gasteiger partial charge in [-0.05, 0) is 32.0 Å². The third-order valence-corrected chi connectivity index (χ3v) is 2.26. The zero-order valence-corrected chi connectivity index (χ0v) is 8.70. The van der Waals surface area contributed by atoms with Crippen LogP contribution in [0.4, 0.5) is 8.78 Å². The van der Waals surface area contributed by atoms with Gasteiger partial charge in [0.2, 0.25) is 0 Å². The molecule has 0 aliphatic rings. The minimum atomic E-state index is -0.485. The van der Waals surface area contributed by atoms with E-state index in [4.69, 9.17) is 0 Å². The molecule has 1 N–H and O–H groups in total. The Morgan fingerprint density at radius 3 is 2.57 bits per heavy atom. The summed E-state index contributed by atoms with van der Waals surface area (Å²) >= 11 is 0. The van der Waals surface area contributed by atoms with E-state index in [0.29, 0.717) is 12.1 Å². The van der Waals surface area contributed by atoms with Gasteiger partial charge in [0, 0.05) is 11.6 Å². The quantitative estimate of drug-likeness (QED) is 0.789. The van der Waals surface area contributed by atoms with E-state index in [1.807, 2.05) is 6.92 Å². The van der Waals surface area contributed by atoms with Crippen molar-refractivity contribution in [1.82, 2.24) is 5.32 Å². The molecular formula is C11H15F2N. The van der Waals surface area contributed by atoms with Crippen molar-refractivity contribution in [1.29, 1.82) is 0 Å². The summed E-state index contributed by atoms with van der Waals surface area (Å²) in [4.78, 5) is 0. The number of rotatable bonds is 3. The Balaban J connectivity index is 3.11. The van der Waals surface area contributed by atoms with E-state index in [2.05, 4.69) is 5.32 Å². The molecule has 0 aromatic heterocycles. The minimum absolute atomic E-state index is 0.131. The van der Waals surface area contributed by atoms with Crippen LogP contribution < -0.4 is 5.32 Å². The standard InChI is InChI=1S/C11H15F2N/c1-4-14-8(3)10-9(12)6-5-7(2)11(10)13/h5-6,8,14H,4H2,1-3H3. The molecule has 1 nitrogen and oxygen atoms in total. The van der Waals surface area contributed by atoms with Gasteiger partial charge in [0.15, 0.2) is 0 Å². The van der Waals surface area contributed by atoms with Gasteiger partial charge in [-0.1, -0.05) is 13.0 Å². The van der Waals surface area contributed by atoms with Crippen molar-refractivity contribution in [2.45, 2.75) is 26.8 Å². The monoisotopic (exact) mass is 199 g/mol. The van der Waals surface area contributed by atoms with E-state index >= 15 is 0 Å². The first kappa shape index (κ1) is 11.1. The lowest BCUT2D eigenvalue weighted by molar-refractivity contribution is 0.492. The summed E-state index contributed by atoms with van der Waals surface area (Å²) < 4.78 is 26.9. The Kier molecular flexibility index (Phi) is 3.58. The second-order valence-electron chi connectivity index (χ2n) is 3.37. The number of nitrogens with one attached hydrogen (secondary N) is 1. The van der Waals surface area contributed by atoms with Crippen LogP contribution in [-0.4, -0.2) is 6.54 Å². The average Bonchev–Trinajstić information content (AvgIpc) is 2.13. The summed E-state index contributed by atoms with van der Waals surface area (Å²) in [7, 11) is 0. The second kappa shape index (κ2) is 4.51. The normalized spacial score (nSPS) is 12.9. The molecule has 1 aromatic carbocycles. The third kappa shape index (κ3) is 2.10. The lowest BCUT2D eigenvalue weighted by Crippen LogP contribution is -2.20. The number of aryl methyl sites for hydroxylation is 1. The van der Waals surface area contributed by atoms with Crippen molar-refractivity contribution >= 4 is 0 Å². The highest BCUT2D eigenvalue weighted by molar-refractivity contribution is 5.28. The lowest BCUT2D eigenvalue weighted by atomic mass is 10.0. The van der Waals surface area contributed by atoms with E-state index in [1.54, 1.807) is 13.8 Å². The smallest absolute Gasteiger partial charge is 0.133 e. The molecule has 1 atom stereocenters. The summed E-state index contributed by atoms with van der Waals surface area (Å²) in [6, 6.07) is 2.47. The Bertz CT molecular complexity index is 323. The van der Waals surface area contributed by atoms with Crippen molar-refractivity contribution in [3.05, 3.63) is 34.9 Å².